The number of allylic oxidation sites excluding steroid dienone is 3. The molecule has 2 aliphatic rings. The first-order chi connectivity index (χ1) is 24.2. The maximum atomic E-state index is 13.4. The highest BCUT2D eigenvalue weighted by atomic mass is 35.5. The van der Waals surface area contributed by atoms with Crippen LogP contribution in [-0.2, 0) is 17.7 Å². The van der Waals surface area contributed by atoms with Gasteiger partial charge >= 0.3 is 5.97 Å². The monoisotopic (exact) mass is 710 g/mol. The molecule has 3 aromatic carbocycles. The van der Waals surface area contributed by atoms with Gasteiger partial charge in [0.15, 0.2) is 0 Å². The molecule has 0 aliphatic carbocycles. The average Bonchev–Trinajstić information content (AvgIpc) is 3.40. The van der Waals surface area contributed by atoms with Crippen LogP contribution in [0.3, 0.4) is 0 Å². The summed E-state index contributed by atoms with van der Waals surface area (Å²) in [6.45, 7) is 7.45. The number of thioether (sulfide) groups is 1. The van der Waals surface area contributed by atoms with E-state index in [1.54, 1.807) is 11.8 Å². The molecular weight excluding hydrogens is 664 g/mol. The van der Waals surface area contributed by atoms with Gasteiger partial charge in [-0.05, 0) is 85.9 Å². The highest BCUT2D eigenvalue weighted by Crippen LogP contribution is 2.44. The zero-order valence-corrected chi connectivity index (χ0v) is 31.5. The number of nitrogens with zero attached hydrogens (tertiary/aromatic N) is 3. The van der Waals surface area contributed by atoms with Gasteiger partial charge in [0.25, 0.3) is 0 Å². The summed E-state index contributed by atoms with van der Waals surface area (Å²) in [5.41, 5.74) is 16.4. The molecule has 6 rings (SSSR count). The second-order valence-electron chi connectivity index (χ2n) is 13.1. The third-order valence-electron chi connectivity index (χ3n) is 10.1. The van der Waals surface area contributed by atoms with E-state index in [9.17, 15) is 4.79 Å². The summed E-state index contributed by atoms with van der Waals surface area (Å²) >= 11 is 8.97. The molecule has 0 amide bonds. The lowest BCUT2D eigenvalue weighted by Gasteiger charge is -2.36. The van der Waals surface area contributed by atoms with Gasteiger partial charge in [-0.2, -0.15) is 11.8 Å². The lowest BCUT2D eigenvalue weighted by molar-refractivity contribution is 0.0587. The van der Waals surface area contributed by atoms with E-state index >= 15 is 0 Å². The molecule has 1 aromatic heterocycles. The van der Waals surface area contributed by atoms with Gasteiger partial charge in [-0.3, -0.25) is 4.99 Å². The highest BCUT2D eigenvalue weighted by Gasteiger charge is 2.30. The van der Waals surface area contributed by atoms with Crippen LogP contribution >= 0.6 is 23.4 Å². The third-order valence-corrected chi connectivity index (χ3v) is 11.4. The molecular formula is C41H47ClN4O3S. The Kier molecular flexibility index (Phi) is 11.0. The molecule has 7 nitrogen and oxygen atoms in total. The van der Waals surface area contributed by atoms with E-state index in [0.29, 0.717) is 36.0 Å². The number of aryl methyl sites for hydroxylation is 3. The molecule has 0 spiro atoms. The Labute approximate surface area is 304 Å². The van der Waals surface area contributed by atoms with Crippen molar-refractivity contribution in [3.05, 3.63) is 105 Å². The minimum Gasteiger partial charge on any atom is -0.493 e. The van der Waals surface area contributed by atoms with Gasteiger partial charge in [-0.1, -0.05) is 54.9 Å². The van der Waals surface area contributed by atoms with Crippen molar-refractivity contribution >= 4 is 62.3 Å². The smallest absolute Gasteiger partial charge is 0.354 e. The van der Waals surface area contributed by atoms with Crippen molar-refractivity contribution in [3.63, 3.8) is 0 Å². The first kappa shape index (κ1) is 35.7. The lowest BCUT2D eigenvalue weighted by Crippen LogP contribution is -2.32. The standard InChI is InChI=1S/C41H47ClN4O3S/c1-7-32-21-29-23-50-24-30(43)22-31(44-4)14-13-27-19-28-11-8-9-12-33(28)36(20-27)49-18-10-17-46-35-16-15-34(42)39(38(29)26(3)45(32)5)37(35)25(2)40(46)41(47)48-6/h8-9,11-12,15-16,19-22,32H,7,10,13-14,17-18,23-24,43H2,1-6H3. The summed E-state index contributed by atoms with van der Waals surface area (Å²) in [5.74, 6) is 1.92. The van der Waals surface area contributed by atoms with Crippen molar-refractivity contribution < 1.29 is 14.3 Å². The van der Waals surface area contributed by atoms with Crippen LogP contribution < -0.4 is 10.5 Å². The van der Waals surface area contributed by atoms with Gasteiger partial charge in [0.2, 0.25) is 0 Å². The summed E-state index contributed by atoms with van der Waals surface area (Å²) in [6.07, 6.45) is 7.66. The number of carbonyl (C=O) groups is 1. The topological polar surface area (TPSA) is 82.1 Å². The van der Waals surface area contributed by atoms with E-state index in [0.717, 1.165) is 86.2 Å². The minimum absolute atomic E-state index is 0.263. The molecule has 262 valence electrons. The molecule has 4 aromatic rings. The van der Waals surface area contributed by atoms with Crippen molar-refractivity contribution in [2.45, 2.75) is 59.0 Å². The van der Waals surface area contributed by atoms with Gasteiger partial charge in [-0.15, -0.1) is 0 Å². The number of hydrogen-bond acceptors (Lipinski definition) is 7. The number of aromatic nitrogens is 1. The van der Waals surface area contributed by atoms with E-state index in [4.69, 9.17) is 26.8 Å². The van der Waals surface area contributed by atoms with E-state index in [-0.39, 0.29) is 12.0 Å². The number of likely N-dealkylation sites (N-methyl/N-ethyl adjacent to an activating group) is 1. The van der Waals surface area contributed by atoms with Crippen LogP contribution in [0.1, 0.15) is 60.3 Å². The molecule has 9 heteroatoms. The molecule has 0 saturated carbocycles. The van der Waals surface area contributed by atoms with Crippen molar-refractivity contribution in [1.29, 1.82) is 0 Å². The van der Waals surface area contributed by atoms with Gasteiger partial charge < -0.3 is 24.7 Å². The summed E-state index contributed by atoms with van der Waals surface area (Å²) < 4.78 is 14.0. The number of benzene rings is 3. The number of aliphatic imine (C=N–C) groups is 1. The molecule has 1 unspecified atom stereocenters. The summed E-state index contributed by atoms with van der Waals surface area (Å²) in [7, 11) is 5.42. The van der Waals surface area contributed by atoms with Crippen molar-refractivity contribution in [2.24, 2.45) is 10.7 Å². The van der Waals surface area contributed by atoms with Crippen LogP contribution in [0.25, 0.3) is 27.2 Å². The van der Waals surface area contributed by atoms with E-state index in [1.807, 2.05) is 38.2 Å². The zero-order chi connectivity index (χ0) is 35.5. The highest BCUT2D eigenvalue weighted by molar-refractivity contribution is 7.99. The van der Waals surface area contributed by atoms with E-state index in [1.165, 1.54) is 18.2 Å². The van der Waals surface area contributed by atoms with Crippen molar-refractivity contribution in [1.82, 2.24) is 9.47 Å². The minimum atomic E-state index is -0.365. The molecule has 2 aliphatic heterocycles. The Morgan fingerprint density at radius 2 is 1.94 bits per heavy atom. The Bertz CT molecular complexity index is 2080. The summed E-state index contributed by atoms with van der Waals surface area (Å²) in [6, 6.07) is 17.0. The number of esters is 1. The predicted octanol–water partition coefficient (Wildman–Crippen LogP) is 8.99. The largest absolute Gasteiger partial charge is 0.493 e. The number of ether oxygens (including phenoxy) is 2. The molecule has 0 saturated heterocycles. The maximum absolute atomic E-state index is 13.4. The number of methoxy groups -OCH3 is 1. The Morgan fingerprint density at radius 3 is 2.70 bits per heavy atom. The summed E-state index contributed by atoms with van der Waals surface area (Å²) in [4.78, 5) is 20.4. The van der Waals surface area contributed by atoms with Gasteiger partial charge in [-0.25, -0.2) is 4.79 Å². The predicted molar refractivity (Wildman–Crippen MR) is 211 cm³/mol. The number of fused-ring (bicyclic) bond motifs is 6. The third kappa shape index (κ3) is 6.93. The molecule has 1 atom stereocenters. The second-order valence-corrected chi connectivity index (χ2v) is 14.5. The zero-order valence-electron chi connectivity index (χ0n) is 29.9. The van der Waals surface area contributed by atoms with Gasteiger partial charge in [0, 0.05) is 87.7 Å². The fourth-order valence-corrected chi connectivity index (χ4v) is 8.58. The molecule has 3 heterocycles. The van der Waals surface area contributed by atoms with Gasteiger partial charge in [0.1, 0.15) is 11.4 Å². The van der Waals surface area contributed by atoms with Crippen LogP contribution in [0.15, 0.2) is 82.6 Å². The van der Waals surface area contributed by atoms with Crippen LogP contribution in [0.2, 0.25) is 5.02 Å². The molecule has 50 heavy (non-hydrogen) atoms. The first-order valence-electron chi connectivity index (χ1n) is 17.3. The molecule has 2 N–H and O–H groups in total. The fourth-order valence-electron chi connectivity index (χ4n) is 7.45. The number of carbonyl (C=O) groups excluding carboxylic acids is 1. The van der Waals surface area contributed by atoms with Crippen LogP contribution in [0, 0.1) is 6.92 Å². The first-order valence-corrected chi connectivity index (χ1v) is 18.9. The van der Waals surface area contributed by atoms with Crippen LogP contribution in [-0.4, -0.2) is 66.5 Å². The molecule has 0 radical (unpaired) electrons. The lowest BCUT2D eigenvalue weighted by atomic mass is 9.88. The van der Waals surface area contributed by atoms with Crippen molar-refractivity contribution in [2.75, 3.05) is 39.3 Å². The van der Waals surface area contributed by atoms with E-state index in [2.05, 4.69) is 71.8 Å². The molecule has 6 bridgehead atoms. The van der Waals surface area contributed by atoms with Crippen molar-refractivity contribution in [3.8, 4) is 5.75 Å². The average molecular weight is 711 g/mol. The SMILES string of the molecule is CCC1C=C2CSCC(N)=CC(=NC)CCc3cc(c4ccccc4c3)OCCCn3c(C(=O)OC)c(C)c4c(c(Cl)ccc43)C2=C(C)N1C. The number of nitrogens with two attached hydrogens (primary N) is 1. The van der Waals surface area contributed by atoms with Gasteiger partial charge in [0.05, 0.1) is 13.7 Å². The van der Waals surface area contributed by atoms with Crippen LogP contribution in [0.5, 0.6) is 5.75 Å². The second kappa shape index (κ2) is 15.4. The normalized spacial score (nSPS) is 18.8. The Balaban J connectivity index is 1.50. The summed E-state index contributed by atoms with van der Waals surface area (Å²) in [5, 5.41) is 3.84. The maximum Gasteiger partial charge on any atom is 0.354 e. The Morgan fingerprint density at radius 1 is 1.14 bits per heavy atom. The number of hydrogen-bond donors (Lipinski definition) is 1. The van der Waals surface area contributed by atoms with E-state index < -0.39 is 0 Å². The Hall–Kier alpha value is -4.14. The van der Waals surface area contributed by atoms with Crippen LogP contribution in [0.4, 0.5) is 0 Å². The fraction of sp³-hybridized carbons (Fsp3) is 0.366. The number of rotatable bonds is 2. The quantitative estimate of drug-likeness (QED) is 0.209. The molecule has 0 fully saturated rings. The number of halogens is 1.